The van der Waals surface area contributed by atoms with Crippen molar-refractivity contribution in [3.63, 3.8) is 0 Å². The fourth-order valence-electron chi connectivity index (χ4n) is 2.29. The molecule has 0 aliphatic rings. The Hall–Kier alpha value is -2.33. The molecule has 25 heavy (non-hydrogen) atoms. The molecule has 0 aliphatic heterocycles. The lowest BCUT2D eigenvalue weighted by Crippen LogP contribution is -2.24. The average molecular weight is 361 g/mol. The zero-order valence-corrected chi connectivity index (χ0v) is 15.3. The number of rotatable bonds is 6. The van der Waals surface area contributed by atoms with Crippen LogP contribution in [0.1, 0.15) is 42.3 Å². The first kappa shape index (κ1) is 19.0. The molecule has 2 rings (SSSR count). The molecule has 0 aliphatic carbocycles. The Kier molecular flexibility index (Phi) is 6.21. The third-order valence-corrected chi connectivity index (χ3v) is 3.61. The van der Waals surface area contributed by atoms with Crippen molar-refractivity contribution in [3.05, 3.63) is 64.2 Å². The number of halogens is 1. The summed E-state index contributed by atoms with van der Waals surface area (Å²) in [5.74, 6) is 0.156. The maximum Gasteiger partial charge on any atom is 0.310 e. The van der Waals surface area contributed by atoms with Crippen LogP contribution < -0.4 is 4.74 Å². The van der Waals surface area contributed by atoms with Crippen LogP contribution >= 0.6 is 11.6 Å². The van der Waals surface area contributed by atoms with Crippen molar-refractivity contribution >= 4 is 23.9 Å². The van der Waals surface area contributed by atoms with Gasteiger partial charge in [-0.05, 0) is 44.0 Å². The first-order chi connectivity index (χ1) is 11.8. The standard InChI is InChI=1S/C20H21ClO4/c1-20(2,3)25-19(23)11-14-6-4-7-15(10-14)13-24-18-9-5-8-17(21)16(18)12-22/h4-10,12H,11,13H2,1-3H3. The van der Waals surface area contributed by atoms with Gasteiger partial charge in [0.1, 0.15) is 18.0 Å². The van der Waals surface area contributed by atoms with Gasteiger partial charge in [0.25, 0.3) is 0 Å². The van der Waals surface area contributed by atoms with Crippen LogP contribution in [0.4, 0.5) is 0 Å². The smallest absolute Gasteiger partial charge is 0.310 e. The van der Waals surface area contributed by atoms with Gasteiger partial charge in [-0.1, -0.05) is 41.9 Å². The Labute approximate surface area is 152 Å². The van der Waals surface area contributed by atoms with E-state index in [0.717, 1.165) is 11.1 Å². The van der Waals surface area contributed by atoms with E-state index in [1.54, 1.807) is 18.2 Å². The molecular formula is C20H21ClO4. The van der Waals surface area contributed by atoms with Crippen LogP contribution in [-0.2, 0) is 22.6 Å². The average Bonchev–Trinajstić information content (AvgIpc) is 2.51. The number of benzene rings is 2. The van der Waals surface area contributed by atoms with Gasteiger partial charge in [-0.15, -0.1) is 0 Å². The van der Waals surface area contributed by atoms with Gasteiger partial charge in [0.15, 0.2) is 6.29 Å². The zero-order chi connectivity index (χ0) is 18.4. The first-order valence-electron chi connectivity index (χ1n) is 7.94. The molecule has 0 unspecified atom stereocenters. The fourth-order valence-corrected chi connectivity index (χ4v) is 2.50. The van der Waals surface area contributed by atoms with Gasteiger partial charge < -0.3 is 9.47 Å². The van der Waals surface area contributed by atoms with Crippen LogP contribution in [-0.4, -0.2) is 17.9 Å². The normalized spacial score (nSPS) is 11.0. The Bertz CT molecular complexity index is 763. The van der Waals surface area contributed by atoms with Crippen LogP contribution in [0.25, 0.3) is 0 Å². The number of carbonyl (C=O) groups excluding carboxylic acids is 2. The maximum atomic E-state index is 11.9. The van der Waals surface area contributed by atoms with E-state index in [1.165, 1.54) is 0 Å². The Morgan fingerprint density at radius 1 is 1.12 bits per heavy atom. The summed E-state index contributed by atoms with van der Waals surface area (Å²) in [6, 6.07) is 12.6. The van der Waals surface area contributed by atoms with Crippen molar-refractivity contribution in [2.24, 2.45) is 0 Å². The first-order valence-corrected chi connectivity index (χ1v) is 8.32. The van der Waals surface area contributed by atoms with Crippen LogP contribution in [0.3, 0.4) is 0 Å². The SMILES string of the molecule is CC(C)(C)OC(=O)Cc1cccc(COc2cccc(Cl)c2C=O)c1. The molecule has 5 heteroatoms. The van der Waals surface area contributed by atoms with Crippen LogP contribution in [0, 0.1) is 0 Å². The van der Waals surface area contributed by atoms with E-state index in [2.05, 4.69) is 0 Å². The predicted octanol–water partition coefficient (Wildman–Crippen LogP) is 4.62. The lowest BCUT2D eigenvalue weighted by molar-refractivity contribution is -0.153. The molecule has 0 atom stereocenters. The topological polar surface area (TPSA) is 52.6 Å². The van der Waals surface area contributed by atoms with Gasteiger partial charge in [-0.2, -0.15) is 0 Å². The molecule has 0 N–H and O–H groups in total. The van der Waals surface area contributed by atoms with Crippen molar-refractivity contribution in [2.45, 2.75) is 39.4 Å². The van der Waals surface area contributed by atoms with Crippen molar-refractivity contribution in [1.82, 2.24) is 0 Å². The Balaban J connectivity index is 2.04. The monoisotopic (exact) mass is 360 g/mol. The summed E-state index contributed by atoms with van der Waals surface area (Å²) >= 11 is 5.98. The molecule has 132 valence electrons. The Morgan fingerprint density at radius 2 is 1.80 bits per heavy atom. The summed E-state index contributed by atoms with van der Waals surface area (Å²) in [6.45, 7) is 5.78. The fraction of sp³-hybridized carbons (Fsp3) is 0.300. The molecule has 4 nitrogen and oxygen atoms in total. The van der Waals surface area contributed by atoms with E-state index < -0.39 is 5.60 Å². The summed E-state index contributed by atoms with van der Waals surface area (Å²) in [7, 11) is 0. The molecule has 0 radical (unpaired) electrons. The van der Waals surface area contributed by atoms with Crippen LogP contribution in [0.5, 0.6) is 5.75 Å². The van der Waals surface area contributed by atoms with E-state index in [0.29, 0.717) is 22.6 Å². The van der Waals surface area contributed by atoms with E-state index >= 15 is 0 Å². The molecule has 0 saturated carbocycles. The lowest BCUT2D eigenvalue weighted by Gasteiger charge is -2.19. The molecule has 2 aromatic rings. The highest BCUT2D eigenvalue weighted by molar-refractivity contribution is 6.33. The van der Waals surface area contributed by atoms with Crippen molar-refractivity contribution < 1.29 is 19.1 Å². The number of hydrogen-bond donors (Lipinski definition) is 0. The van der Waals surface area contributed by atoms with Gasteiger partial charge in [-0.25, -0.2) is 0 Å². The summed E-state index contributed by atoms with van der Waals surface area (Å²) in [5.41, 5.74) is 1.55. The number of carbonyl (C=O) groups is 2. The van der Waals surface area contributed by atoms with E-state index in [1.807, 2.05) is 45.0 Å². The van der Waals surface area contributed by atoms with Crippen molar-refractivity contribution in [3.8, 4) is 5.75 Å². The number of esters is 1. The Morgan fingerprint density at radius 3 is 2.48 bits per heavy atom. The summed E-state index contributed by atoms with van der Waals surface area (Å²) in [5, 5.41) is 0.353. The molecule has 2 aromatic carbocycles. The summed E-state index contributed by atoms with van der Waals surface area (Å²) in [6.07, 6.45) is 0.873. The summed E-state index contributed by atoms with van der Waals surface area (Å²) in [4.78, 5) is 23.1. The largest absolute Gasteiger partial charge is 0.488 e. The third-order valence-electron chi connectivity index (χ3n) is 3.28. The van der Waals surface area contributed by atoms with Crippen LogP contribution in [0.2, 0.25) is 5.02 Å². The molecular weight excluding hydrogens is 340 g/mol. The van der Waals surface area contributed by atoms with Gasteiger partial charge >= 0.3 is 5.97 Å². The summed E-state index contributed by atoms with van der Waals surface area (Å²) < 4.78 is 11.0. The second-order valence-corrected chi connectivity index (χ2v) is 7.05. The number of aldehydes is 1. The quantitative estimate of drug-likeness (QED) is 0.557. The van der Waals surface area contributed by atoms with Gasteiger partial charge in [0.2, 0.25) is 0 Å². The minimum atomic E-state index is -0.504. The number of hydrogen-bond acceptors (Lipinski definition) is 4. The van der Waals surface area contributed by atoms with Crippen LogP contribution in [0.15, 0.2) is 42.5 Å². The van der Waals surface area contributed by atoms with Crippen molar-refractivity contribution in [1.29, 1.82) is 0 Å². The minimum Gasteiger partial charge on any atom is -0.488 e. The lowest BCUT2D eigenvalue weighted by atomic mass is 10.1. The minimum absolute atomic E-state index is 0.196. The second-order valence-electron chi connectivity index (χ2n) is 6.64. The number of ether oxygens (including phenoxy) is 2. The van der Waals surface area contributed by atoms with E-state index in [4.69, 9.17) is 21.1 Å². The molecule has 0 amide bonds. The highest BCUT2D eigenvalue weighted by Crippen LogP contribution is 2.25. The molecule has 0 saturated heterocycles. The maximum absolute atomic E-state index is 11.9. The van der Waals surface area contributed by atoms with E-state index in [-0.39, 0.29) is 19.0 Å². The second kappa shape index (κ2) is 8.17. The zero-order valence-electron chi connectivity index (χ0n) is 14.5. The highest BCUT2D eigenvalue weighted by atomic mass is 35.5. The highest BCUT2D eigenvalue weighted by Gasteiger charge is 2.16. The van der Waals surface area contributed by atoms with Gasteiger partial charge in [0.05, 0.1) is 17.0 Å². The molecule has 0 aromatic heterocycles. The predicted molar refractivity (Wildman–Crippen MR) is 97.2 cm³/mol. The van der Waals surface area contributed by atoms with Gasteiger partial charge in [0, 0.05) is 0 Å². The molecule has 0 spiro atoms. The molecule has 0 heterocycles. The van der Waals surface area contributed by atoms with Crippen molar-refractivity contribution in [2.75, 3.05) is 0 Å². The van der Waals surface area contributed by atoms with Gasteiger partial charge in [-0.3, -0.25) is 9.59 Å². The molecule has 0 bridgehead atoms. The third kappa shape index (κ3) is 5.91. The van der Waals surface area contributed by atoms with E-state index in [9.17, 15) is 9.59 Å². The molecule has 0 fully saturated rings.